The Morgan fingerprint density at radius 1 is 1.69 bits per heavy atom. The number of rotatable bonds is 5. The lowest BCUT2D eigenvalue weighted by Gasteiger charge is -2.05. The van der Waals surface area contributed by atoms with Gasteiger partial charge in [0, 0.05) is 19.0 Å². The lowest BCUT2D eigenvalue weighted by atomic mass is 10.3. The number of hydrogen-bond donors (Lipinski definition) is 1. The van der Waals surface area contributed by atoms with E-state index in [2.05, 4.69) is 10.4 Å². The average molecular weight is 244 g/mol. The highest BCUT2D eigenvalue weighted by Gasteiger charge is 2.11. The molecular weight excluding hydrogens is 226 g/mol. The number of aromatic nitrogens is 2. The molecule has 1 aromatic rings. The first-order chi connectivity index (χ1) is 7.54. The molecule has 1 N–H and O–H groups in total. The summed E-state index contributed by atoms with van der Waals surface area (Å²) in [6.45, 7) is 4.52. The maximum Gasteiger partial charge on any atom is 0.269 e. The molecule has 0 saturated heterocycles. The van der Waals surface area contributed by atoms with Crippen molar-refractivity contribution in [3.63, 3.8) is 0 Å². The van der Waals surface area contributed by atoms with Crippen LogP contribution in [0.5, 0.6) is 0 Å². The van der Waals surface area contributed by atoms with Gasteiger partial charge in [0.05, 0.1) is 5.69 Å². The van der Waals surface area contributed by atoms with Crippen LogP contribution in [0, 0.1) is 0 Å². The van der Waals surface area contributed by atoms with E-state index >= 15 is 0 Å². The van der Waals surface area contributed by atoms with Crippen LogP contribution in [0.15, 0.2) is 6.07 Å². The lowest BCUT2D eigenvalue weighted by Crippen LogP contribution is -2.27. The van der Waals surface area contributed by atoms with Crippen molar-refractivity contribution >= 4 is 17.5 Å². The van der Waals surface area contributed by atoms with E-state index in [4.69, 9.17) is 11.6 Å². The number of halogens is 1. The molecule has 1 unspecified atom stereocenters. The van der Waals surface area contributed by atoms with Gasteiger partial charge in [0.25, 0.3) is 5.91 Å². The first-order valence-corrected chi connectivity index (χ1v) is 5.93. The second kappa shape index (κ2) is 5.89. The Morgan fingerprint density at radius 2 is 2.38 bits per heavy atom. The molecule has 90 valence electrons. The predicted molar refractivity (Wildman–Crippen MR) is 64.9 cm³/mol. The molecule has 1 amide bonds. The van der Waals surface area contributed by atoms with Crippen LogP contribution < -0.4 is 5.32 Å². The molecule has 0 aliphatic heterocycles. The number of nitrogens with zero attached hydrogens (tertiary/aromatic N) is 2. The number of carbonyl (C=O) groups is 1. The first-order valence-electron chi connectivity index (χ1n) is 5.49. The van der Waals surface area contributed by atoms with E-state index in [1.165, 1.54) is 0 Å². The van der Waals surface area contributed by atoms with Gasteiger partial charge in [-0.3, -0.25) is 9.48 Å². The van der Waals surface area contributed by atoms with Crippen molar-refractivity contribution in [2.45, 2.75) is 32.1 Å². The Bertz CT molecular complexity index is 360. The van der Waals surface area contributed by atoms with Crippen molar-refractivity contribution in [3.05, 3.63) is 17.5 Å². The van der Waals surface area contributed by atoms with Crippen LogP contribution in [0.2, 0.25) is 0 Å². The van der Waals surface area contributed by atoms with Gasteiger partial charge >= 0.3 is 0 Å². The second-order valence-electron chi connectivity index (χ2n) is 3.82. The molecule has 0 aliphatic rings. The number of hydrogen-bond acceptors (Lipinski definition) is 2. The summed E-state index contributed by atoms with van der Waals surface area (Å²) in [6.07, 6.45) is 1.60. The molecule has 4 nitrogen and oxygen atoms in total. The van der Waals surface area contributed by atoms with E-state index in [1.54, 1.807) is 11.7 Å². The summed E-state index contributed by atoms with van der Waals surface area (Å²) in [6, 6.07) is 1.82. The quantitative estimate of drug-likeness (QED) is 0.801. The third-order valence-corrected chi connectivity index (χ3v) is 2.57. The summed E-state index contributed by atoms with van der Waals surface area (Å²) in [5.74, 6) is -0.0907. The van der Waals surface area contributed by atoms with Crippen molar-refractivity contribution in [2.75, 3.05) is 6.54 Å². The predicted octanol–water partition coefficient (Wildman–Crippen LogP) is 1.73. The van der Waals surface area contributed by atoms with Crippen molar-refractivity contribution in [2.24, 2.45) is 7.05 Å². The van der Waals surface area contributed by atoms with Gasteiger partial charge in [0.15, 0.2) is 0 Å². The van der Waals surface area contributed by atoms with Gasteiger partial charge in [-0.25, -0.2) is 0 Å². The van der Waals surface area contributed by atoms with Crippen molar-refractivity contribution in [1.29, 1.82) is 0 Å². The van der Waals surface area contributed by atoms with Gasteiger partial charge in [-0.1, -0.05) is 6.92 Å². The van der Waals surface area contributed by atoms with Crippen LogP contribution in [-0.2, 0) is 13.5 Å². The summed E-state index contributed by atoms with van der Waals surface area (Å²) in [5, 5.41) is 7.13. The fraction of sp³-hybridized carbons (Fsp3) is 0.636. The fourth-order valence-electron chi connectivity index (χ4n) is 1.39. The molecule has 0 saturated carbocycles. The first kappa shape index (κ1) is 13.0. The van der Waals surface area contributed by atoms with E-state index in [-0.39, 0.29) is 11.3 Å². The van der Waals surface area contributed by atoms with E-state index < -0.39 is 0 Å². The molecule has 1 atom stereocenters. The van der Waals surface area contributed by atoms with Crippen LogP contribution in [0.3, 0.4) is 0 Å². The molecule has 0 aliphatic carbocycles. The van der Waals surface area contributed by atoms with Gasteiger partial charge in [-0.15, -0.1) is 11.6 Å². The van der Waals surface area contributed by atoms with Gasteiger partial charge < -0.3 is 5.32 Å². The molecule has 16 heavy (non-hydrogen) atoms. The van der Waals surface area contributed by atoms with Crippen LogP contribution >= 0.6 is 11.6 Å². The average Bonchev–Trinajstić information content (AvgIpc) is 2.59. The molecule has 1 aromatic heterocycles. The van der Waals surface area contributed by atoms with Gasteiger partial charge in [-0.2, -0.15) is 5.10 Å². The van der Waals surface area contributed by atoms with Crippen molar-refractivity contribution < 1.29 is 4.79 Å². The van der Waals surface area contributed by atoms with E-state index in [0.29, 0.717) is 12.2 Å². The molecule has 1 heterocycles. The Labute approximate surface area is 101 Å². The molecule has 0 bridgehead atoms. The van der Waals surface area contributed by atoms with Crippen molar-refractivity contribution in [3.8, 4) is 0 Å². The highest BCUT2D eigenvalue weighted by molar-refractivity contribution is 6.20. The Balaban J connectivity index is 2.55. The normalized spacial score (nSPS) is 12.5. The number of alkyl halides is 1. The van der Waals surface area contributed by atoms with Crippen LogP contribution in [0.1, 0.15) is 36.5 Å². The van der Waals surface area contributed by atoms with Gasteiger partial charge in [0.1, 0.15) is 5.69 Å². The van der Waals surface area contributed by atoms with Crippen LogP contribution in [-0.4, -0.2) is 27.6 Å². The number of amides is 1. The third kappa shape index (κ3) is 3.52. The SMILES string of the molecule is CCc1cc(C(=O)NCCC(C)Cl)n(C)n1. The molecule has 0 spiro atoms. The summed E-state index contributed by atoms with van der Waals surface area (Å²) in [4.78, 5) is 11.8. The molecule has 1 rings (SSSR count). The maximum atomic E-state index is 11.8. The van der Waals surface area contributed by atoms with Gasteiger partial charge in [-0.05, 0) is 25.8 Å². The minimum absolute atomic E-state index is 0.0815. The summed E-state index contributed by atoms with van der Waals surface area (Å²) in [7, 11) is 1.78. The zero-order chi connectivity index (χ0) is 12.1. The third-order valence-electron chi connectivity index (χ3n) is 2.35. The minimum Gasteiger partial charge on any atom is -0.351 e. The number of carbonyl (C=O) groups excluding carboxylic acids is 1. The molecule has 0 radical (unpaired) electrons. The zero-order valence-electron chi connectivity index (χ0n) is 9.96. The largest absolute Gasteiger partial charge is 0.351 e. The highest BCUT2D eigenvalue weighted by atomic mass is 35.5. The molecule has 5 heteroatoms. The monoisotopic (exact) mass is 243 g/mol. The molecule has 0 aromatic carbocycles. The minimum atomic E-state index is -0.0907. The zero-order valence-corrected chi connectivity index (χ0v) is 10.7. The Hall–Kier alpha value is -1.03. The number of nitrogens with one attached hydrogen (secondary N) is 1. The summed E-state index contributed by atoms with van der Waals surface area (Å²) >= 11 is 5.80. The maximum absolute atomic E-state index is 11.8. The molecular formula is C11H18ClN3O. The molecule has 0 fully saturated rings. The van der Waals surface area contributed by atoms with Gasteiger partial charge in [0.2, 0.25) is 0 Å². The number of aryl methyl sites for hydroxylation is 2. The summed E-state index contributed by atoms with van der Waals surface area (Å²) < 4.78 is 1.61. The lowest BCUT2D eigenvalue weighted by molar-refractivity contribution is 0.0944. The van der Waals surface area contributed by atoms with E-state index in [1.807, 2.05) is 19.9 Å². The van der Waals surface area contributed by atoms with E-state index in [9.17, 15) is 4.79 Å². The smallest absolute Gasteiger partial charge is 0.269 e. The standard InChI is InChI=1S/C11H18ClN3O/c1-4-9-7-10(15(3)14-9)11(16)13-6-5-8(2)12/h7-8H,4-6H2,1-3H3,(H,13,16). The Kier molecular flexibility index (Phi) is 4.80. The summed E-state index contributed by atoms with van der Waals surface area (Å²) in [5.41, 5.74) is 1.53. The fourth-order valence-corrected chi connectivity index (χ4v) is 1.50. The van der Waals surface area contributed by atoms with Crippen LogP contribution in [0.4, 0.5) is 0 Å². The Morgan fingerprint density at radius 3 is 2.88 bits per heavy atom. The van der Waals surface area contributed by atoms with Crippen molar-refractivity contribution in [1.82, 2.24) is 15.1 Å². The second-order valence-corrected chi connectivity index (χ2v) is 4.57. The highest BCUT2D eigenvalue weighted by Crippen LogP contribution is 2.04. The van der Waals surface area contributed by atoms with Crippen LogP contribution in [0.25, 0.3) is 0 Å². The van der Waals surface area contributed by atoms with E-state index in [0.717, 1.165) is 18.5 Å². The topological polar surface area (TPSA) is 46.9 Å².